The molecule has 0 aliphatic heterocycles. The molecule has 13 nitrogen and oxygen atoms in total. The van der Waals surface area contributed by atoms with Crippen LogP contribution in [0.25, 0.3) is 0 Å². The Morgan fingerprint density at radius 3 is 1.50 bits per heavy atom. The van der Waals surface area contributed by atoms with Crippen LogP contribution in [0, 0.1) is 0 Å². The normalized spacial score (nSPS) is 23.1. The second kappa shape index (κ2) is 33.2. The molecule has 14 heteroatoms. The summed E-state index contributed by atoms with van der Waals surface area (Å²) in [6.07, 6.45) is 20.9. The molecule has 6 unspecified atom stereocenters. The lowest BCUT2D eigenvalue weighted by atomic mass is 9.85. The number of hydrogen-bond acceptors (Lipinski definition) is 12. The van der Waals surface area contributed by atoms with E-state index in [2.05, 4.69) is 38.2 Å². The first-order valence-corrected chi connectivity index (χ1v) is 23.1. The van der Waals surface area contributed by atoms with E-state index in [1.165, 1.54) is 70.6 Å². The monoisotopic (exact) mass is 821 g/mol. The molecule has 0 spiro atoms. The summed E-state index contributed by atoms with van der Waals surface area (Å²) >= 11 is 0. The Labute approximate surface area is 336 Å². The average Bonchev–Trinajstić information content (AvgIpc) is 3.18. The van der Waals surface area contributed by atoms with Gasteiger partial charge in [0.2, 0.25) is 0 Å². The van der Waals surface area contributed by atoms with Gasteiger partial charge in [0, 0.05) is 12.8 Å². The van der Waals surface area contributed by atoms with Crippen LogP contribution in [0.4, 0.5) is 0 Å². The van der Waals surface area contributed by atoms with Crippen LogP contribution >= 0.6 is 7.82 Å². The van der Waals surface area contributed by atoms with E-state index in [1.807, 2.05) is 0 Å². The molecule has 0 radical (unpaired) electrons. The first-order chi connectivity index (χ1) is 26.9. The fraction of sp³-hybridized carbons (Fsp3) is 0.857. The number of phosphoric acid groups is 1. The SMILES string of the molecule is CCCC/C=C/C/C=C/CCCCCCCC(=O)O[C@H](COC(=O)CCCCCCCCCCCCCCC)COP(=O)(O)OC1C(O)C(O)C(O)[C@@H](O)C1O. The zero-order valence-electron chi connectivity index (χ0n) is 34.4. The van der Waals surface area contributed by atoms with Crippen molar-refractivity contribution in [3.8, 4) is 0 Å². The molecule has 0 heterocycles. The molecule has 8 atom stereocenters. The summed E-state index contributed by atoms with van der Waals surface area (Å²) in [6, 6.07) is 0. The molecule has 0 amide bonds. The second-order valence-electron chi connectivity index (χ2n) is 15.2. The molecule has 1 fully saturated rings. The fourth-order valence-corrected chi connectivity index (χ4v) is 7.45. The molecule has 0 saturated heterocycles. The maximum atomic E-state index is 12.8. The van der Waals surface area contributed by atoms with Crippen molar-refractivity contribution in [2.45, 2.75) is 217 Å². The van der Waals surface area contributed by atoms with E-state index in [1.54, 1.807) is 0 Å². The van der Waals surface area contributed by atoms with Crippen LogP contribution in [0.2, 0.25) is 0 Å². The van der Waals surface area contributed by atoms with Crippen LogP contribution in [0.5, 0.6) is 0 Å². The van der Waals surface area contributed by atoms with Crippen LogP contribution in [0.1, 0.15) is 174 Å². The Balaban J connectivity index is 2.50. The van der Waals surface area contributed by atoms with Gasteiger partial charge in [0.1, 0.15) is 43.2 Å². The van der Waals surface area contributed by atoms with Crippen LogP contribution in [0.3, 0.4) is 0 Å². The van der Waals surface area contributed by atoms with Gasteiger partial charge in [-0.05, 0) is 38.5 Å². The van der Waals surface area contributed by atoms with Gasteiger partial charge in [-0.1, -0.05) is 147 Å². The lowest BCUT2D eigenvalue weighted by Gasteiger charge is -2.41. The highest BCUT2D eigenvalue weighted by molar-refractivity contribution is 7.47. The lowest BCUT2D eigenvalue weighted by molar-refractivity contribution is -0.220. The molecule has 1 aliphatic carbocycles. The Morgan fingerprint density at radius 1 is 0.554 bits per heavy atom. The molecule has 328 valence electrons. The summed E-state index contributed by atoms with van der Waals surface area (Å²) in [6.45, 7) is 3.23. The largest absolute Gasteiger partial charge is 0.472 e. The zero-order valence-corrected chi connectivity index (χ0v) is 35.3. The topological polar surface area (TPSA) is 210 Å². The Morgan fingerprint density at radius 2 is 0.982 bits per heavy atom. The van der Waals surface area contributed by atoms with Gasteiger partial charge in [-0.25, -0.2) is 4.57 Å². The molecule has 0 aromatic heterocycles. The molecule has 56 heavy (non-hydrogen) atoms. The van der Waals surface area contributed by atoms with Gasteiger partial charge < -0.3 is 39.9 Å². The predicted octanol–water partition coefficient (Wildman–Crippen LogP) is 7.67. The maximum Gasteiger partial charge on any atom is 0.472 e. The number of rotatable bonds is 35. The van der Waals surface area contributed by atoms with Crippen molar-refractivity contribution in [1.82, 2.24) is 0 Å². The average molecular weight is 821 g/mol. The number of carbonyl (C=O) groups is 2. The first-order valence-electron chi connectivity index (χ1n) is 21.6. The Kier molecular flexibility index (Phi) is 31.0. The number of hydrogen-bond donors (Lipinski definition) is 6. The minimum atomic E-state index is -5.11. The summed E-state index contributed by atoms with van der Waals surface area (Å²) in [5.74, 6) is -1.11. The van der Waals surface area contributed by atoms with E-state index >= 15 is 0 Å². The van der Waals surface area contributed by atoms with E-state index in [9.17, 15) is 44.6 Å². The van der Waals surface area contributed by atoms with Crippen LogP contribution in [-0.2, 0) is 32.7 Å². The molecule has 1 aliphatic rings. The van der Waals surface area contributed by atoms with Crippen molar-refractivity contribution in [3.05, 3.63) is 24.3 Å². The van der Waals surface area contributed by atoms with Crippen molar-refractivity contribution in [3.63, 3.8) is 0 Å². The van der Waals surface area contributed by atoms with Crippen molar-refractivity contribution < 1.29 is 63.1 Å². The highest BCUT2D eigenvalue weighted by Crippen LogP contribution is 2.47. The summed E-state index contributed by atoms with van der Waals surface area (Å²) < 4.78 is 33.4. The summed E-state index contributed by atoms with van der Waals surface area (Å²) in [4.78, 5) is 35.6. The molecule has 0 aromatic rings. The summed E-state index contributed by atoms with van der Waals surface area (Å²) in [5.41, 5.74) is 0. The summed E-state index contributed by atoms with van der Waals surface area (Å²) in [7, 11) is -5.11. The van der Waals surface area contributed by atoms with E-state index in [4.69, 9.17) is 18.5 Å². The quantitative estimate of drug-likeness (QED) is 0.0157. The standard InChI is InChI=1S/C42H77O13P/c1-3-5-7-9-11-13-15-17-19-21-23-25-27-29-31-36(44)54-34(33-53-56(50,51)55-42-40(48)38(46)37(45)39(47)41(42)49)32-52-35(43)30-28-26-24-22-20-18-16-14-12-10-8-6-4-2/h9,11,15,17,34,37-42,45-49H,3-8,10,12-14,16,18-33H2,1-2H3,(H,50,51)/b11-9+,17-15+/t34-,37?,38-,39?,40?,41?,42?/m1/s1. The third kappa shape index (κ3) is 25.6. The number of carbonyl (C=O) groups excluding carboxylic acids is 2. The van der Waals surface area contributed by atoms with E-state index in [0.29, 0.717) is 12.8 Å². The molecule has 6 N–H and O–H groups in total. The zero-order chi connectivity index (χ0) is 41.4. The van der Waals surface area contributed by atoms with E-state index in [0.717, 1.165) is 64.2 Å². The van der Waals surface area contributed by atoms with Gasteiger partial charge in [-0.2, -0.15) is 0 Å². The van der Waals surface area contributed by atoms with Gasteiger partial charge in [-0.3, -0.25) is 18.6 Å². The van der Waals surface area contributed by atoms with E-state index in [-0.39, 0.29) is 12.8 Å². The van der Waals surface area contributed by atoms with E-state index < -0.39 is 75.7 Å². The number of esters is 2. The van der Waals surface area contributed by atoms with Crippen molar-refractivity contribution in [1.29, 1.82) is 0 Å². The third-order valence-corrected chi connectivity index (χ3v) is 11.0. The van der Waals surface area contributed by atoms with Crippen molar-refractivity contribution in [2.24, 2.45) is 0 Å². The molecule has 0 bridgehead atoms. The lowest BCUT2D eigenvalue weighted by Crippen LogP contribution is -2.64. The van der Waals surface area contributed by atoms with Gasteiger partial charge in [0.15, 0.2) is 6.10 Å². The third-order valence-electron chi connectivity index (χ3n) is 10.0. The van der Waals surface area contributed by atoms with Crippen molar-refractivity contribution in [2.75, 3.05) is 13.2 Å². The molecule has 0 aromatic carbocycles. The van der Waals surface area contributed by atoms with Crippen LogP contribution in [0.15, 0.2) is 24.3 Å². The maximum absolute atomic E-state index is 12.8. The number of aliphatic hydroxyl groups excluding tert-OH is 5. The predicted molar refractivity (Wildman–Crippen MR) is 217 cm³/mol. The fourth-order valence-electron chi connectivity index (χ4n) is 6.48. The smallest absolute Gasteiger partial charge is 0.462 e. The number of unbranched alkanes of at least 4 members (excludes halogenated alkanes) is 19. The number of aliphatic hydroxyl groups is 5. The first kappa shape index (κ1) is 52.3. The van der Waals surface area contributed by atoms with Crippen molar-refractivity contribution >= 4 is 19.8 Å². The number of phosphoric ester groups is 1. The van der Waals surface area contributed by atoms with Gasteiger partial charge >= 0.3 is 19.8 Å². The second-order valence-corrected chi connectivity index (χ2v) is 16.6. The Bertz CT molecular complexity index is 1090. The minimum Gasteiger partial charge on any atom is -0.462 e. The molecular formula is C42H77O13P. The Hall–Kier alpha value is -1.67. The van der Waals surface area contributed by atoms with Gasteiger partial charge in [0.25, 0.3) is 0 Å². The van der Waals surface area contributed by atoms with Gasteiger partial charge in [0.05, 0.1) is 6.61 Å². The minimum absolute atomic E-state index is 0.0829. The molecule has 1 rings (SSSR count). The molecular weight excluding hydrogens is 743 g/mol. The highest BCUT2D eigenvalue weighted by atomic mass is 31.2. The van der Waals surface area contributed by atoms with Gasteiger partial charge in [-0.15, -0.1) is 0 Å². The van der Waals surface area contributed by atoms with Crippen LogP contribution < -0.4 is 0 Å². The van der Waals surface area contributed by atoms with Crippen LogP contribution in [-0.4, -0.2) is 98.3 Å². The molecule has 1 saturated carbocycles. The summed E-state index contributed by atoms with van der Waals surface area (Å²) in [5, 5.41) is 50.0. The number of allylic oxidation sites excluding steroid dienone is 4. The highest BCUT2D eigenvalue weighted by Gasteiger charge is 2.51. The number of ether oxygens (including phenoxy) is 2.